The predicted octanol–water partition coefficient (Wildman–Crippen LogP) is 1.38. The van der Waals surface area contributed by atoms with Gasteiger partial charge in [0.25, 0.3) is 0 Å². The van der Waals surface area contributed by atoms with Crippen LogP contribution < -0.4 is 51.4 Å². The summed E-state index contributed by atoms with van der Waals surface area (Å²) < 4.78 is 32.4. The van der Waals surface area contributed by atoms with E-state index in [1.807, 2.05) is 0 Å². The summed E-state index contributed by atoms with van der Waals surface area (Å²) in [6.07, 6.45) is 16.2. The first kappa shape index (κ1) is 26.7. The van der Waals surface area contributed by atoms with Crippen LogP contribution in [0.2, 0.25) is 0 Å². The van der Waals surface area contributed by atoms with Crippen molar-refractivity contribution < 1.29 is 69.5 Å². The van der Waals surface area contributed by atoms with Crippen LogP contribution >= 0.6 is 0 Å². The van der Waals surface area contributed by atoms with E-state index in [9.17, 15) is 13.0 Å². The molecule has 134 valence electrons. The van der Waals surface area contributed by atoms with Gasteiger partial charge in [0.1, 0.15) is 0 Å². The summed E-state index contributed by atoms with van der Waals surface area (Å²) in [5, 5.41) is 7.76. The van der Waals surface area contributed by atoms with Crippen LogP contribution in [-0.4, -0.2) is 29.9 Å². The van der Waals surface area contributed by atoms with Crippen molar-refractivity contribution in [2.24, 2.45) is 0 Å². The molecule has 0 aromatic carbocycles. The SMILES string of the molecule is CCCCCCCCCCCCCCCC(CO)S(=O)(=O)[O-].[K+]. The third kappa shape index (κ3) is 18.1. The molecule has 0 aromatic rings. The number of unbranched alkanes of at least 4 members (excludes halogenated alkanes) is 12. The van der Waals surface area contributed by atoms with Crippen molar-refractivity contribution in [1.29, 1.82) is 0 Å². The topological polar surface area (TPSA) is 77.4 Å². The van der Waals surface area contributed by atoms with Crippen LogP contribution in [-0.2, 0) is 10.1 Å². The summed E-state index contributed by atoms with van der Waals surface area (Å²) in [5.74, 6) is 0. The number of aliphatic hydroxyl groups is 1. The molecule has 0 amide bonds. The van der Waals surface area contributed by atoms with Gasteiger partial charge < -0.3 is 9.66 Å². The average molecular weight is 375 g/mol. The number of rotatable bonds is 16. The van der Waals surface area contributed by atoms with Crippen molar-refractivity contribution in [2.45, 2.75) is 102 Å². The molecule has 0 aliphatic carbocycles. The smallest absolute Gasteiger partial charge is 0.748 e. The van der Waals surface area contributed by atoms with Gasteiger partial charge in [-0.2, -0.15) is 0 Å². The van der Waals surface area contributed by atoms with Crippen LogP contribution in [0, 0.1) is 0 Å². The summed E-state index contributed by atoms with van der Waals surface area (Å²) in [4.78, 5) is 0. The van der Waals surface area contributed by atoms with Crippen LogP contribution in [0.3, 0.4) is 0 Å². The Bertz CT molecular complexity index is 333. The molecule has 0 rings (SSSR count). The van der Waals surface area contributed by atoms with E-state index in [4.69, 9.17) is 5.11 Å². The minimum Gasteiger partial charge on any atom is -0.748 e. The maximum atomic E-state index is 10.8. The summed E-state index contributed by atoms with van der Waals surface area (Å²) in [7, 11) is -4.33. The summed E-state index contributed by atoms with van der Waals surface area (Å²) in [5.41, 5.74) is 0. The van der Waals surface area contributed by atoms with E-state index in [1.165, 1.54) is 64.2 Å². The molecule has 0 heterocycles. The van der Waals surface area contributed by atoms with Crippen LogP contribution in [0.4, 0.5) is 0 Å². The molecule has 0 spiro atoms. The van der Waals surface area contributed by atoms with Crippen LogP contribution in [0.15, 0.2) is 0 Å². The minimum atomic E-state index is -4.33. The molecule has 1 N–H and O–H groups in total. The molecular formula is C17H35KO4S. The van der Waals surface area contributed by atoms with E-state index in [0.29, 0.717) is 12.8 Å². The summed E-state index contributed by atoms with van der Waals surface area (Å²) in [6, 6.07) is 0. The minimum absolute atomic E-state index is 0. The Kier molecular flexibility index (Phi) is 21.3. The molecule has 0 aliphatic rings. The zero-order valence-electron chi connectivity index (χ0n) is 15.3. The second-order valence-corrected chi connectivity index (χ2v) is 7.98. The van der Waals surface area contributed by atoms with Gasteiger partial charge in [0.05, 0.1) is 22.0 Å². The van der Waals surface area contributed by atoms with E-state index in [1.54, 1.807) is 0 Å². The fourth-order valence-corrected chi connectivity index (χ4v) is 3.35. The maximum absolute atomic E-state index is 10.8. The maximum Gasteiger partial charge on any atom is 1.00 e. The van der Waals surface area contributed by atoms with Gasteiger partial charge in [0, 0.05) is 0 Å². The third-order valence-electron chi connectivity index (χ3n) is 4.24. The molecular weight excluding hydrogens is 339 g/mol. The van der Waals surface area contributed by atoms with Gasteiger partial charge >= 0.3 is 51.4 Å². The van der Waals surface area contributed by atoms with E-state index >= 15 is 0 Å². The molecule has 1 atom stereocenters. The van der Waals surface area contributed by atoms with E-state index < -0.39 is 22.0 Å². The van der Waals surface area contributed by atoms with Gasteiger partial charge in [0.2, 0.25) is 0 Å². The first-order chi connectivity index (χ1) is 10.5. The standard InChI is InChI=1S/C17H36O4S.K/c1-2-3-4-5-6-7-8-9-10-11-12-13-14-15-17(16-18)22(19,20)21;/h17-18H,2-16H2,1H3,(H,19,20,21);/q;+1/p-1. The van der Waals surface area contributed by atoms with Crippen molar-refractivity contribution in [3.63, 3.8) is 0 Å². The molecule has 0 bridgehead atoms. The van der Waals surface area contributed by atoms with Gasteiger partial charge in [-0.15, -0.1) is 0 Å². The molecule has 4 nitrogen and oxygen atoms in total. The molecule has 0 radical (unpaired) electrons. The molecule has 23 heavy (non-hydrogen) atoms. The molecule has 0 saturated heterocycles. The fraction of sp³-hybridized carbons (Fsp3) is 1.00. The quantitative estimate of drug-likeness (QED) is 0.251. The molecule has 6 heteroatoms. The first-order valence-corrected chi connectivity index (χ1v) is 10.5. The molecule has 0 saturated carbocycles. The molecule has 0 aromatic heterocycles. The summed E-state index contributed by atoms with van der Waals surface area (Å²) in [6.45, 7) is 1.69. The second kappa shape index (κ2) is 18.3. The fourth-order valence-electron chi connectivity index (χ4n) is 2.72. The van der Waals surface area contributed by atoms with Crippen LogP contribution in [0.1, 0.15) is 96.8 Å². The molecule has 0 fully saturated rings. The van der Waals surface area contributed by atoms with Gasteiger partial charge in [-0.1, -0.05) is 90.4 Å². The predicted molar refractivity (Wildman–Crippen MR) is 90.9 cm³/mol. The Balaban J connectivity index is 0. The van der Waals surface area contributed by atoms with Gasteiger partial charge in [-0.05, 0) is 6.42 Å². The number of aliphatic hydroxyl groups excluding tert-OH is 1. The van der Waals surface area contributed by atoms with Crippen molar-refractivity contribution in [2.75, 3.05) is 6.61 Å². The number of hydrogen-bond acceptors (Lipinski definition) is 4. The zero-order chi connectivity index (χ0) is 16.7. The second-order valence-electron chi connectivity index (χ2n) is 6.33. The molecule has 0 aliphatic heterocycles. The van der Waals surface area contributed by atoms with Crippen LogP contribution in [0.5, 0.6) is 0 Å². The molecule has 1 unspecified atom stereocenters. The number of hydrogen-bond donors (Lipinski definition) is 1. The Hall–Kier alpha value is 1.51. The normalized spacial score (nSPS) is 12.8. The van der Waals surface area contributed by atoms with Crippen molar-refractivity contribution in [3.8, 4) is 0 Å². The summed E-state index contributed by atoms with van der Waals surface area (Å²) >= 11 is 0. The first-order valence-electron chi connectivity index (χ1n) is 9.08. The van der Waals surface area contributed by atoms with Gasteiger partial charge in [-0.25, -0.2) is 8.42 Å². The van der Waals surface area contributed by atoms with Gasteiger partial charge in [-0.3, -0.25) is 0 Å². The Morgan fingerprint density at radius 2 is 1.13 bits per heavy atom. The van der Waals surface area contributed by atoms with E-state index in [0.717, 1.165) is 12.8 Å². The van der Waals surface area contributed by atoms with Crippen molar-refractivity contribution in [3.05, 3.63) is 0 Å². The third-order valence-corrected chi connectivity index (χ3v) is 5.44. The Labute approximate surface area is 186 Å². The van der Waals surface area contributed by atoms with Crippen LogP contribution in [0.25, 0.3) is 0 Å². The van der Waals surface area contributed by atoms with E-state index in [2.05, 4.69) is 6.92 Å². The monoisotopic (exact) mass is 374 g/mol. The Morgan fingerprint density at radius 1 is 0.783 bits per heavy atom. The zero-order valence-corrected chi connectivity index (χ0v) is 19.2. The van der Waals surface area contributed by atoms with Gasteiger partial charge in [0.15, 0.2) is 0 Å². The Morgan fingerprint density at radius 3 is 1.43 bits per heavy atom. The van der Waals surface area contributed by atoms with E-state index in [-0.39, 0.29) is 51.4 Å². The van der Waals surface area contributed by atoms with Crippen molar-refractivity contribution >= 4 is 10.1 Å². The largest absolute Gasteiger partial charge is 1.00 e. The van der Waals surface area contributed by atoms with Crippen molar-refractivity contribution in [1.82, 2.24) is 0 Å². The average Bonchev–Trinajstić information content (AvgIpc) is 2.46.